The molecule has 0 atom stereocenters. The number of hydrogen-bond donors (Lipinski definition) is 0. The zero-order chi connectivity index (χ0) is 24.8. The molecule has 7 nitrogen and oxygen atoms in total. The van der Waals surface area contributed by atoms with Crippen LogP contribution in [0.1, 0.15) is 54.3 Å². The average molecular weight is 477 g/mol. The quantitative estimate of drug-likeness (QED) is 0.374. The Bertz CT molecular complexity index is 937. The molecule has 8 heteroatoms. The van der Waals surface area contributed by atoms with Gasteiger partial charge < -0.3 is 23.5 Å². The average Bonchev–Trinajstić information content (AvgIpc) is 2.80. The van der Waals surface area contributed by atoms with E-state index in [0.717, 1.165) is 0 Å². The van der Waals surface area contributed by atoms with Gasteiger partial charge >= 0.3 is 0 Å². The van der Waals surface area contributed by atoms with E-state index in [9.17, 15) is 14.2 Å². The van der Waals surface area contributed by atoms with Crippen LogP contribution < -0.4 is 18.9 Å². The van der Waals surface area contributed by atoms with Crippen molar-refractivity contribution in [2.75, 3.05) is 34.6 Å². The predicted octanol–water partition coefficient (Wildman–Crippen LogP) is 5.89. The van der Waals surface area contributed by atoms with Crippen LogP contribution in [-0.2, 0) is 4.57 Å². The fourth-order valence-electron chi connectivity index (χ4n) is 3.61. The highest BCUT2D eigenvalue weighted by atomic mass is 31.2. The highest BCUT2D eigenvalue weighted by Crippen LogP contribution is 2.57. The molecule has 0 aromatic heterocycles. The Hall–Kier alpha value is -2.79. The van der Waals surface area contributed by atoms with Gasteiger partial charge in [0.05, 0.1) is 28.4 Å². The maximum Gasteiger partial charge on any atom is 0.236 e. The summed E-state index contributed by atoms with van der Waals surface area (Å²) in [5.41, 5.74) is -1.68. The molecule has 2 aromatic rings. The number of hydrogen-bond acceptors (Lipinski definition) is 7. The first-order valence-corrected chi connectivity index (χ1v) is 12.5. The van der Waals surface area contributed by atoms with Crippen molar-refractivity contribution >= 4 is 18.2 Å². The van der Waals surface area contributed by atoms with Crippen LogP contribution in [0, 0.1) is 5.41 Å². The molecule has 0 radical (unpaired) electrons. The molecule has 0 bridgehead atoms. The van der Waals surface area contributed by atoms with Crippen molar-refractivity contribution in [3.05, 3.63) is 47.5 Å². The molecule has 0 fully saturated rings. The van der Waals surface area contributed by atoms with E-state index in [1.54, 1.807) is 36.4 Å². The van der Waals surface area contributed by atoms with Crippen molar-refractivity contribution in [3.8, 4) is 23.0 Å². The van der Waals surface area contributed by atoms with Gasteiger partial charge in [0, 0.05) is 6.16 Å². The molecule has 0 aliphatic rings. The standard InChI is InChI=1S/C25H33O7P/c1-25(2,3)15-10-16-33(28,23(26)21-17(29-4)11-8-12-18(21)30-5)24(27)22-19(31-6)13-9-14-20(22)32-7/h8-9,11-14H,10,15-16H2,1-7H3. The van der Waals surface area contributed by atoms with Crippen molar-refractivity contribution in [2.24, 2.45) is 5.41 Å². The summed E-state index contributed by atoms with van der Waals surface area (Å²) in [5, 5.41) is 0. The van der Waals surface area contributed by atoms with Crippen LogP contribution in [0.4, 0.5) is 0 Å². The Balaban J connectivity index is 2.71. The third kappa shape index (κ3) is 5.77. The summed E-state index contributed by atoms with van der Waals surface area (Å²) >= 11 is 0. The van der Waals surface area contributed by atoms with Crippen molar-refractivity contribution in [3.63, 3.8) is 0 Å². The van der Waals surface area contributed by atoms with Crippen molar-refractivity contribution in [1.29, 1.82) is 0 Å². The lowest BCUT2D eigenvalue weighted by Gasteiger charge is -2.23. The largest absolute Gasteiger partial charge is 0.496 e. The third-order valence-electron chi connectivity index (χ3n) is 5.34. The molecule has 2 rings (SSSR count). The Morgan fingerprint density at radius 2 is 1.06 bits per heavy atom. The summed E-state index contributed by atoms with van der Waals surface area (Å²) in [5.74, 6) is 0.760. The number of carbonyl (C=O) groups is 2. The van der Waals surface area contributed by atoms with Crippen LogP contribution >= 0.6 is 7.14 Å². The number of ether oxygens (including phenoxy) is 4. The summed E-state index contributed by atoms with van der Waals surface area (Å²) in [6.45, 7) is 6.15. The minimum atomic E-state index is -4.19. The normalized spacial score (nSPS) is 11.6. The summed E-state index contributed by atoms with van der Waals surface area (Å²) < 4.78 is 35.9. The number of methoxy groups -OCH3 is 4. The van der Waals surface area contributed by atoms with Crippen molar-refractivity contribution in [2.45, 2.75) is 33.6 Å². The lowest BCUT2D eigenvalue weighted by molar-refractivity contribution is 0.103. The van der Waals surface area contributed by atoms with Crippen molar-refractivity contribution < 1.29 is 33.1 Å². The molecule has 0 heterocycles. The zero-order valence-corrected chi connectivity index (χ0v) is 21.3. The molecule has 0 aliphatic heterocycles. The minimum Gasteiger partial charge on any atom is -0.496 e. The molecular formula is C25H33O7P. The maximum absolute atomic E-state index is 14.5. The van der Waals surface area contributed by atoms with Crippen LogP contribution in [0.5, 0.6) is 23.0 Å². The Morgan fingerprint density at radius 1 is 0.727 bits per heavy atom. The first kappa shape index (κ1) is 26.5. The van der Waals surface area contributed by atoms with Crippen LogP contribution in [0.3, 0.4) is 0 Å². The summed E-state index contributed by atoms with van der Waals surface area (Å²) in [6, 6.07) is 9.60. The molecule has 180 valence electrons. The van der Waals surface area contributed by atoms with Crippen LogP contribution in [0.25, 0.3) is 0 Å². The second-order valence-corrected chi connectivity index (χ2v) is 11.6. The van der Waals surface area contributed by atoms with E-state index in [-0.39, 0.29) is 45.7 Å². The molecule has 0 saturated carbocycles. The Labute approximate surface area is 195 Å². The first-order valence-electron chi connectivity index (χ1n) is 10.6. The van der Waals surface area contributed by atoms with Gasteiger partial charge in [0.25, 0.3) is 0 Å². The van der Waals surface area contributed by atoms with E-state index in [2.05, 4.69) is 0 Å². The molecule has 0 amide bonds. The summed E-state index contributed by atoms with van der Waals surface area (Å²) in [6.07, 6.45) is 1.02. The summed E-state index contributed by atoms with van der Waals surface area (Å²) in [4.78, 5) is 27.7. The van der Waals surface area contributed by atoms with E-state index in [1.165, 1.54) is 28.4 Å². The van der Waals surface area contributed by atoms with E-state index in [4.69, 9.17) is 18.9 Å². The van der Waals surface area contributed by atoms with Gasteiger partial charge in [-0.05, 0) is 42.5 Å². The van der Waals surface area contributed by atoms with Gasteiger partial charge in [0.15, 0.2) is 0 Å². The second-order valence-electron chi connectivity index (χ2n) is 8.81. The fourth-order valence-corrected chi connectivity index (χ4v) is 5.97. The van der Waals surface area contributed by atoms with Gasteiger partial charge in [0.2, 0.25) is 18.2 Å². The monoisotopic (exact) mass is 476 g/mol. The number of rotatable bonds is 11. The lowest BCUT2D eigenvalue weighted by atomic mass is 9.91. The van der Waals surface area contributed by atoms with E-state index < -0.39 is 18.2 Å². The van der Waals surface area contributed by atoms with Gasteiger partial charge in [-0.1, -0.05) is 32.9 Å². The van der Waals surface area contributed by atoms with Crippen LogP contribution in [-0.4, -0.2) is 45.6 Å². The van der Waals surface area contributed by atoms with Gasteiger partial charge in [0.1, 0.15) is 34.1 Å². The molecule has 0 spiro atoms. The van der Waals surface area contributed by atoms with Gasteiger partial charge in [-0.25, -0.2) is 0 Å². The van der Waals surface area contributed by atoms with Crippen molar-refractivity contribution in [1.82, 2.24) is 0 Å². The van der Waals surface area contributed by atoms with E-state index in [1.807, 2.05) is 20.8 Å². The SMILES string of the molecule is COc1cccc(OC)c1C(=O)P(=O)(CCCC(C)(C)C)C(=O)c1c(OC)cccc1OC. The summed E-state index contributed by atoms with van der Waals surface area (Å²) in [7, 11) is 1.43. The molecule has 2 aromatic carbocycles. The molecule has 0 aliphatic carbocycles. The molecule has 0 unspecified atom stereocenters. The fraction of sp³-hybridized carbons (Fsp3) is 0.440. The maximum atomic E-state index is 14.5. The Morgan fingerprint density at radius 3 is 1.33 bits per heavy atom. The molecule has 0 N–H and O–H groups in total. The number of carbonyl (C=O) groups excluding carboxylic acids is 2. The van der Waals surface area contributed by atoms with E-state index in [0.29, 0.717) is 12.8 Å². The smallest absolute Gasteiger partial charge is 0.236 e. The Kier molecular flexibility index (Phi) is 8.73. The molecule has 33 heavy (non-hydrogen) atoms. The first-order chi connectivity index (χ1) is 15.5. The predicted molar refractivity (Wildman–Crippen MR) is 129 cm³/mol. The topological polar surface area (TPSA) is 88.1 Å². The van der Waals surface area contributed by atoms with E-state index >= 15 is 0 Å². The third-order valence-corrected chi connectivity index (χ3v) is 8.04. The molecule has 0 saturated heterocycles. The van der Waals surface area contributed by atoms with Gasteiger partial charge in [-0.15, -0.1) is 0 Å². The van der Waals surface area contributed by atoms with Crippen LogP contribution in [0.2, 0.25) is 0 Å². The number of benzene rings is 2. The zero-order valence-electron chi connectivity index (χ0n) is 20.4. The van der Waals surface area contributed by atoms with Gasteiger partial charge in [-0.3, -0.25) is 9.59 Å². The second kappa shape index (κ2) is 10.9. The highest BCUT2D eigenvalue weighted by Gasteiger charge is 2.45. The van der Waals surface area contributed by atoms with Gasteiger partial charge in [-0.2, -0.15) is 0 Å². The minimum absolute atomic E-state index is 0.0104. The lowest BCUT2D eigenvalue weighted by Crippen LogP contribution is -2.17. The highest BCUT2D eigenvalue weighted by molar-refractivity contribution is 7.95. The van der Waals surface area contributed by atoms with Crippen LogP contribution in [0.15, 0.2) is 36.4 Å². The molecular weight excluding hydrogens is 443 g/mol.